The number of carbonyl (C=O) groups is 1. The second-order valence-electron chi connectivity index (χ2n) is 4.72. The third-order valence-electron chi connectivity index (χ3n) is 3.35. The summed E-state index contributed by atoms with van der Waals surface area (Å²) in [4.78, 5) is 13.0. The summed E-state index contributed by atoms with van der Waals surface area (Å²) in [6.07, 6.45) is 2.95. The van der Waals surface area contributed by atoms with Gasteiger partial charge in [-0.1, -0.05) is 6.07 Å². The Hall–Kier alpha value is -0.580. The number of carbonyl (C=O) groups excluding carboxylic acids is 1. The molecule has 0 bridgehead atoms. The summed E-state index contributed by atoms with van der Waals surface area (Å²) in [7, 11) is 0. The monoisotopic (exact) mass is 288 g/mol. The third-order valence-corrected chi connectivity index (χ3v) is 4.22. The van der Waals surface area contributed by atoms with Gasteiger partial charge in [-0.15, -0.1) is 23.7 Å². The van der Waals surface area contributed by atoms with Crippen molar-refractivity contribution >= 4 is 29.7 Å². The third kappa shape index (κ3) is 4.59. The summed E-state index contributed by atoms with van der Waals surface area (Å²) in [5.74, 6) is 0.724. The molecule has 0 radical (unpaired) electrons. The van der Waals surface area contributed by atoms with Crippen LogP contribution < -0.4 is 10.6 Å². The Balaban J connectivity index is 0.00000162. The van der Waals surface area contributed by atoms with Crippen molar-refractivity contribution in [1.29, 1.82) is 0 Å². The van der Waals surface area contributed by atoms with Crippen LogP contribution in [0.4, 0.5) is 0 Å². The van der Waals surface area contributed by atoms with E-state index in [1.54, 1.807) is 11.3 Å². The lowest BCUT2D eigenvalue weighted by Gasteiger charge is -2.28. The van der Waals surface area contributed by atoms with Gasteiger partial charge in [0.05, 0.1) is 6.42 Å². The van der Waals surface area contributed by atoms with Crippen molar-refractivity contribution in [1.82, 2.24) is 10.6 Å². The van der Waals surface area contributed by atoms with E-state index in [4.69, 9.17) is 0 Å². The first kappa shape index (κ1) is 15.5. The summed E-state index contributed by atoms with van der Waals surface area (Å²) < 4.78 is 0. The molecule has 1 aromatic heterocycles. The van der Waals surface area contributed by atoms with Crippen molar-refractivity contribution in [3.05, 3.63) is 22.4 Å². The van der Waals surface area contributed by atoms with Crippen molar-refractivity contribution in [2.75, 3.05) is 13.1 Å². The van der Waals surface area contributed by atoms with Gasteiger partial charge in [-0.3, -0.25) is 4.79 Å². The SMILES string of the molecule is CC(NC(=O)Cc1cccs1)C1CCCNC1.Cl. The Kier molecular flexibility index (Phi) is 6.68. The Labute approximate surface area is 119 Å². The van der Waals surface area contributed by atoms with Gasteiger partial charge in [-0.05, 0) is 50.2 Å². The van der Waals surface area contributed by atoms with Crippen LogP contribution in [0.25, 0.3) is 0 Å². The number of thiophene rings is 1. The number of hydrogen-bond acceptors (Lipinski definition) is 3. The smallest absolute Gasteiger partial charge is 0.225 e. The maximum absolute atomic E-state index is 11.8. The first-order valence-electron chi connectivity index (χ1n) is 6.28. The Morgan fingerprint density at radius 2 is 2.50 bits per heavy atom. The molecule has 1 aliphatic heterocycles. The van der Waals surface area contributed by atoms with Crippen molar-refractivity contribution < 1.29 is 4.79 Å². The molecule has 1 amide bonds. The molecule has 3 nitrogen and oxygen atoms in total. The molecular formula is C13H21ClN2OS. The zero-order valence-corrected chi connectivity index (χ0v) is 12.3. The lowest BCUT2D eigenvalue weighted by atomic mass is 9.93. The quantitative estimate of drug-likeness (QED) is 0.892. The molecule has 0 aromatic carbocycles. The topological polar surface area (TPSA) is 41.1 Å². The van der Waals surface area contributed by atoms with Crippen LogP contribution in [-0.2, 0) is 11.2 Å². The van der Waals surface area contributed by atoms with Crippen LogP contribution >= 0.6 is 23.7 Å². The molecule has 2 atom stereocenters. The fraction of sp³-hybridized carbons (Fsp3) is 0.615. The van der Waals surface area contributed by atoms with Crippen molar-refractivity contribution in [3.8, 4) is 0 Å². The van der Waals surface area contributed by atoms with Crippen molar-refractivity contribution in [2.45, 2.75) is 32.2 Å². The van der Waals surface area contributed by atoms with Crippen LogP contribution in [0, 0.1) is 5.92 Å². The van der Waals surface area contributed by atoms with Gasteiger partial charge in [0.1, 0.15) is 0 Å². The first-order valence-corrected chi connectivity index (χ1v) is 7.16. The van der Waals surface area contributed by atoms with Gasteiger partial charge in [-0.2, -0.15) is 0 Å². The van der Waals surface area contributed by atoms with Gasteiger partial charge in [0.2, 0.25) is 5.91 Å². The van der Waals surface area contributed by atoms with E-state index < -0.39 is 0 Å². The van der Waals surface area contributed by atoms with Gasteiger partial charge in [0.25, 0.3) is 0 Å². The van der Waals surface area contributed by atoms with Gasteiger partial charge >= 0.3 is 0 Å². The van der Waals surface area contributed by atoms with Crippen LogP contribution in [0.15, 0.2) is 17.5 Å². The van der Waals surface area contributed by atoms with E-state index >= 15 is 0 Å². The van der Waals surface area contributed by atoms with E-state index in [-0.39, 0.29) is 24.4 Å². The number of hydrogen-bond donors (Lipinski definition) is 2. The highest BCUT2D eigenvalue weighted by atomic mass is 35.5. The second kappa shape index (κ2) is 7.77. The molecule has 2 unspecified atom stereocenters. The van der Waals surface area contributed by atoms with E-state index in [1.807, 2.05) is 17.5 Å². The molecule has 1 saturated heterocycles. The molecule has 0 spiro atoms. The Morgan fingerprint density at radius 1 is 1.67 bits per heavy atom. The molecule has 0 saturated carbocycles. The Morgan fingerprint density at radius 3 is 3.11 bits per heavy atom. The van der Waals surface area contributed by atoms with Gasteiger partial charge in [0, 0.05) is 10.9 Å². The van der Waals surface area contributed by atoms with E-state index in [2.05, 4.69) is 17.6 Å². The van der Waals surface area contributed by atoms with Crippen molar-refractivity contribution in [3.63, 3.8) is 0 Å². The highest BCUT2D eigenvalue weighted by Crippen LogP contribution is 2.15. The van der Waals surface area contributed by atoms with E-state index in [9.17, 15) is 4.79 Å². The average molecular weight is 289 g/mol. The van der Waals surface area contributed by atoms with E-state index in [0.717, 1.165) is 18.0 Å². The normalized spacial score (nSPS) is 20.8. The maximum Gasteiger partial charge on any atom is 0.225 e. The van der Waals surface area contributed by atoms with Gasteiger partial charge in [0.15, 0.2) is 0 Å². The minimum absolute atomic E-state index is 0. The minimum atomic E-state index is 0. The summed E-state index contributed by atoms with van der Waals surface area (Å²) in [5.41, 5.74) is 0. The lowest BCUT2D eigenvalue weighted by Crippen LogP contribution is -2.44. The zero-order chi connectivity index (χ0) is 12.1. The predicted molar refractivity (Wildman–Crippen MR) is 78.5 cm³/mol. The average Bonchev–Trinajstić information content (AvgIpc) is 2.82. The zero-order valence-electron chi connectivity index (χ0n) is 10.6. The second-order valence-corrected chi connectivity index (χ2v) is 5.75. The van der Waals surface area contributed by atoms with Crippen LogP contribution in [0.2, 0.25) is 0 Å². The maximum atomic E-state index is 11.8. The molecule has 1 aromatic rings. The highest BCUT2D eigenvalue weighted by Gasteiger charge is 2.21. The van der Waals surface area contributed by atoms with E-state index in [0.29, 0.717) is 12.3 Å². The lowest BCUT2D eigenvalue weighted by molar-refractivity contribution is -0.121. The Bertz CT molecular complexity index is 350. The molecule has 2 N–H and O–H groups in total. The molecule has 2 rings (SSSR count). The minimum Gasteiger partial charge on any atom is -0.353 e. The largest absolute Gasteiger partial charge is 0.353 e. The number of piperidine rings is 1. The number of halogens is 1. The van der Waals surface area contributed by atoms with Gasteiger partial charge < -0.3 is 10.6 Å². The molecular weight excluding hydrogens is 268 g/mol. The molecule has 2 heterocycles. The summed E-state index contributed by atoms with van der Waals surface area (Å²) >= 11 is 1.64. The molecule has 1 fully saturated rings. The molecule has 0 aliphatic carbocycles. The number of rotatable bonds is 4. The van der Waals surface area contributed by atoms with Crippen LogP contribution in [0.1, 0.15) is 24.6 Å². The number of amides is 1. The molecule has 18 heavy (non-hydrogen) atoms. The highest BCUT2D eigenvalue weighted by molar-refractivity contribution is 7.10. The fourth-order valence-electron chi connectivity index (χ4n) is 2.30. The summed E-state index contributed by atoms with van der Waals surface area (Å²) in [5, 5.41) is 8.51. The predicted octanol–water partition coefficient (Wildman–Crippen LogP) is 2.22. The summed E-state index contributed by atoms with van der Waals surface area (Å²) in [6, 6.07) is 4.27. The fourth-order valence-corrected chi connectivity index (χ4v) is 3.00. The van der Waals surface area contributed by atoms with Crippen LogP contribution in [0.5, 0.6) is 0 Å². The van der Waals surface area contributed by atoms with Gasteiger partial charge in [-0.25, -0.2) is 0 Å². The summed E-state index contributed by atoms with van der Waals surface area (Å²) in [6.45, 7) is 4.26. The number of nitrogens with one attached hydrogen (secondary N) is 2. The van der Waals surface area contributed by atoms with Crippen LogP contribution in [-0.4, -0.2) is 25.0 Å². The first-order chi connectivity index (χ1) is 8.25. The van der Waals surface area contributed by atoms with E-state index in [1.165, 1.54) is 12.8 Å². The standard InChI is InChI=1S/C13H20N2OS.ClH/c1-10(11-4-2-6-14-9-11)15-13(16)8-12-5-3-7-17-12;/h3,5,7,10-11,14H,2,4,6,8-9H2,1H3,(H,15,16);1H. The molecule has 102 valence electrons. The van der Waals surface area contributed by atoms with Crippen LogP contribution in [0.3, 0.4) is 0 Å². The van der Waals surface area contributed by atoms with Crippen molar-refractivity contribution in [2.24, 2.45) is 5.92 Å². The molecule has 5 heteroatoms. The molecule has 1 aliphatic rings.